The van der Waals surface area contributed by atoms with Crippen molar-refractivity contribution in [2.45, 2.75) is 25.3 Å². The van der Waals surface area contributed by atoms with Crippen LogP contribution < -0.4 is 5.73 Å². The zero-order chi connectivity index (χ0) is 15.4. The van der Waals surface area contributed by atoms with Crippen LogP contribution in [0, 0.1) is 12.5 Å². The Bertz CT molecular complexity index is 734. The molecule has 5 heteroatoms. The van der Waals surface area contributed by atoms with Crippen LogP contribution >= 0.6 is 0 Å². The van der Waals surface area contributed by atoms with E-state index in [4.69, 9.17) is 16.9 Å². The first-order valence-electron chi connectivity index (χ1n) is 7.10. The average molecular weight is 292 g/mol. The van der Waals surface area contributed by atoms with Crippen molar-refractivity contribution in [1.82, 2.24) is 9.97 Å². The maximum Gasteiger partial charge on any atom is 0.297 e. The number of amidine groups is 1. The minimum Gasteiger partial charge on any atom is -0.373 e. The first-order chi connectivity index (χ1) is 10.8. The number of nitrogens with two attached hydrogens (primary N) is 1. The molecule has 0 unspecified atom stereocenters. The molecule has 3 rings (SSSR count). The summed E-state index contributed by atoms with van der Waals surface area (Å²) in [5.74, 6) is 0. The predicted octanol–water partition coefficient (Wildman–Crippen LogP) is 1.92. The highest BCUT2D eigenvalue weighted by molar-refractivity contribution is 5.73. The second-order valence-electron chi connectivity index (χ2n) is 5.15. The first kappa shape index (κ1) is 14.1. The van der Waals surface area contributed by atoms with Gasteiger partial charge in [-0.25, -0.2) is 15.0 Å². The lowest BCUT2D eigenvalue weighted by molar-refractivity contribution is 0.482. The smallest absolute Gasteiger partial charge is 0.297 e. The van der Waals surface area contributed by atoms with Crippen molar-refractivity contribution in [3.8, 4) is 23.7 Å². The summed E-state index contributed by atoms with van der Waals surface area (Å²) in [4.78, 5) is 12.6. The van der Waals surface area contributed by atoms with Gasteiger partial charge in [-0.1, -0.05) is 24.6 Å². The van der Waals surface area contributed by atoms with Crippen LogP contribution in [-0.4, -0.2) is 22.0 Å². The van der Waals surface area contributed by atoms with E-state index in [-0.39, 0.29) is 12.1 Å². The third-order valence-corrected chi connectivity index (χ3v) is 3.80. The highest BCUT2D eigenvalue weighted by atomic mass is 16.5. The van der Waals surface area contributed by atoms with Crippen LogP contribution in [0.5, 0.6) is 0 Å². The molecule has 1 aliphatic carbocycles. The summed E-state index contributed by atoms with van der Waals surface area (Å²) in [6.45, 7) is 0. The van der Waals surface area contributed by atoms with Crippen molar-refractivity contribution in [3.63, 3.8) is 0 Å². The Kier molecular flexibility index (Phi) is 4.01. The quantitative estimate of drug-likeness (QED) is 0.521. The molecule has 1 aliphatic rings. The second kappa shape index (κ2) is 6.27. The number of terminal acetylenes is 1. The van der Waals surface area contributed by atoms with E-state index >= 15 is 0 Å². The number of aryl methyl sites for hydroxylation is 1. The summed E-state index contributed by atoms with van der Waals surface area (Å²) in [5, 5.41) is 0. The number of fused-ring (bicyclic) bond motifs is 1. The molecule has 0 amide bonds. The number of benzene rings is 1. The standard InChI is InChI=1S/C17H16N4O/c1-2-22-17(18)21-14-7-6-12-4-3-5-15(16(12)8-14)13-9-19-11-20-10-13/h1,3-5,9-11,14H,6-8H2,(H2,18,21)/t14-/m0/s1. The largest absolute Gasteiger partial charge is 0.373 e. The zero-order valence-corrected chi connectivity index (χ0v) is 12.1. The molecule has 1 aromatic heterocycles. The van der Waals surface area contributed by atoms with Crippen LogP contribution in [0.15, 0.2) is 41.9 Å². The van der Waals surface area contributed by atoms with E-state index in [1.807, 2.05) is 18.5 Å². The van der Waals surface area contributed by atoms with Crippen LogP contribution in [0.4, 0.5) is 0 Å². The van der Waals surface area contributed by atoms with Crippen LogP contribution in [0.25, 0.3) is 11.1 Å². The van der Waals surface area contributed by atoms with Gasteiger partial charge in [-0.05, 0) is 36.0 Å². The molecule has 0 bridgehead atoms. The van der Waals surface area contributed by atoms with Crippen molar-refractivity contribution in [3.05, 3.63) is 48.0 Å². The van der Waals surface area contributed by atoms with E-state index < -0.39 is 0 Å². The number of rotatable bonds is 2. The zero-order valence-electron chi connectivity index (χ0n) is 12.1. The molecule has 22 heavy (non-hydrogen) atoms. The van der Waals surface area contributed by atoms with Crippen LogP contribution in [0.3, 0.4) is 0 Å². The molecule has 0 fully saturated rings. The number of hydrogen-bond acceptors (Lipinski definition) is 4. The van der Waals surface area contributed by atoms with Gasteiger partial charge in [0, 0.05) is 18.0 Å². The lowest BCUT2D eigenvalue weighted by Crippen LogP contribution is -2.23. The van der Waals surface area contributed by atoms with E-state index in [0.717, 1.165) is 30.4 Å². The SMILES string of the molecule is C#COC(N)=N[C@H]1CCc2cccc(-c3cncnc3)c2C1. The molecule has 0 radical (unpaired) electrons. The van der Waals surface area contributed by atoms with Crippen molar-refractivity contribution in [2.75, 3.05) is 0 Å². The van der Waals surface area contributed by atoms with Gasteiger partial charge in [0.1, 0.15) is 12.4 Å². The van der Waals surface area contributed by atoms with Crippen LogP contribution in [0.1, 0.15) is 17.5 Å². The fraction of sp³-hybridized carbons (Fsp3) is 0.235. The molecule has 110 valence electrons. The van der Waals surface area contributed by atoms with Crippen molar-refractivity contribution >= 4 is 6.02 Å². The molecule has 2 N–H and O–H groups in total. The number of nitrogens with zero attached hydrogens (tertiary/aromatic N) is 3. The summed E-state index contributed by atoms with van der Waals surface area (Å²) >= 11 is 0. The molecule has 0 saturated carbocycles. The van der Waals surface area contributed by atoms with Crippen molar-refractivity contribution in [2.24, 2.45) is 10.7 Å². The molecule has 0 aliphatic heterocycles. The summed E-state index contributed by atoms with van der Waals surface area (Å²) in [5.41, 5.74) is 10.4. The van der Waals surface area contributed by atoms with Gasteiger partial charge < -0.3 is 10.5 Å². The van der Waals surface area contributed by atoms with Gasteiger partial charge in [0.25, 0.3) is 6.02 Å². The van der Waals surface area contributed by atoms with Gasteiger partial charge >= 0.3 is 0 Å². The Morgan fingerprint density at radius 1 is 1.36 bits per heavy atom. The molecule has 2 aromatic rings. The highest BCUT2D eigenvalue weighted by Crippen LogP contribution is 2.31. The third-order valence-electron chi connectivity index (χ3n) is 3.80. The van der Waals surface area contributed by atoms with E-state index in [0.29, 0.717) is 0 Å². The minimum absolute atomic E-state index is 0.0523. The monoisotopic (exact) mass is 292 g/mol. The predicted molar refractivity (Wildman–Crippen MR) is 84.8 cm³/mol. The summed E-state index contributed by atoms with van der Waals surface area (Å²) in [6, 6.07) is 6.44. The maximum atomic E-state index is 5.65. The number of aromatic nitrogens is 2. The normalized spacial score (nSPS) is 17.4. The molecular formula is C17H16N4O. The second-order valence-corrected chi connectivity index (χ2v) is 5.15. The minimum atomic E-state index is 0.0523. The first-order valence-corrected chi connectivity index (χ1v) is 7.10. The average Bonchev–Trinajstić information content (AvgIpc) is 2.55. The topological polar surface area (TPSA) is 73.4 Å². The van der Waals surface area contributed by atoms with Gasteiger partial charge in [0.15, 0.2) is 0 Å². The molecule has 0 saturated heterocycles. The van der Waals surface area contributed by atoms with E-state index in [2.05, 4.69) is 33.2 Å². The maximum absolute atomic E-state index is 5.65. The molecule has 1 aromatic carbocycles. The summed E-state index contributed by atoms with van der Waals surface area (Å²) in [7, 11) is 0. The summed E-state index contributed by atoms with van der Waals surface area (Å²) in [6.07, 6.45) is 15.0. The van der Waals surface area contributed by atoms with E-state index in [1.54, 1.807) is 0 Å². The Hall–Kier alpha value is -2.87. The third kappa shape index (κ3) is 2.91. The van der Waals surface area contributed by atoms with Crippen LogP contribution in [0.2, 0.25) is 0 Å². The van der Waals surface area contributed by atoms with Crippen molar-refractivity contribution in [1.29, 1.82) is 0 Å². The number of hydrogen-bond donors (Lipinski definition) is 1. The molecule has 5 nitrogen and oxygen atoms in total. The molecule has 0 spiro atoms. The van der Waals surface area contributed by atoms with Crippen LogP contribution in [-0.2, 0) is 17.6 Å². The fourth-order valence-corrected chi connectivity index (χ4v) is 2.86. The van der Waals surface area contributed by atoms with E-state index in [9.17, 15) is 0 Å². The number of aliphatic imine (C=N–C) groups is 1. The van der Waals surface area contributed by atoms with Gasteiger partial charge in [-0.15, -0.1) is 0 Å². The summed E-state index contributed by atoms with van der Waals surface area (Å²) < 4.78 is 4.78. The van der Waals surface area contributed by atoms with Gasteiger partial charge in [-0.3, -0.25) is 0 Å². The van der Waals surface area contributed by atoms with Gasteiger partial charge in [0.05, 0.1) is 6.04 Å². The lowest BCUT2D eigenvalue weighted by Gasteiger charge is -2.24. The Morgan fingerprint density at radius 2 is 2.18 bits per heavy atom. The van der Waals surface area contributed by atoms with Gasteiger partial charge in [-0.2, -0.15) is 0 Å². The van der Waals surface area contributed by atoms with Crippen molar-refractivity contribution < 1.29 is 4.74 Å². The highest BCUT2D eigenvalue weighted by Gasteiger charge is 2.21. The molecular weight excluding hydrogens is 276 g/mol. The molecule has 1 heterocycles. The Morgan fingerprint density at radius 3 is 2.95 bits per heavy atom. The molecule has 1 atom stereocenters. The van der Waals surface area contributed by atoms with E-state index in [1.165, 1.54) is 17.5 Å². The Labute approximate surface area is 129 Å². The lowest BCUT2D eigenvalue weighted by atomic mass is 9.84. The van der Waals surface area contributed by atoms with Gasteiger partial charge in [0.2, 0.25) is 0 Å². The fourth-order valence-electron chi connectivity index (χ4n) is 2.86. The number of ether oxygens (including phenoxy) is 1. The Balaban J connectivity index is 1.93.